The molecule has 2 aromatic rings. The molecule has 2 amide bonds. The Hall–Kier alpha value is -3.19. The van der Waals surface area contributed by atoms with Gasteiger partial charge in [-0.05, 0) is 54.4 Å². The fourth-order valence-corrected chi connectivity index (χ4v) is 5.30. The number of rotatable bonds is 15. The molecule has 1 aliphatic carbocycles. The molecule has 0 heterocycles. The average Bonchev–Trinajstić information content (AvgIpc) is 2.93. The Morgan fingerprint density at radius 2 is 1.55 bits per heavy atom. The normalized spacial score (nSPS) is 14.6. The number of unbranched alkanes of at least 4 members (excludes halogenated alkanes) is 1. The van der Waals surface area contributed by atoms with Crippen molar-refractivity contribution in [3.63, 3.8) is 0 Å². The van der Waals surface area contributed by atoms with Gasteiger partial charge in [0.15, 0.2) is 0 Å². The van der Waals surface area contributed by atoms with Gasteiger partial charge in [-0.1, -0.05) is 87.4 Å². The van der Waals surface area contributed by atoms with Gasteiger partial charge in [0.25, 0.3) is 5.91 Å². The Labute approximate surface area is 226 Å². The number of benzene rings is 2. The second-order valence-corrected chi connectivity index (χ2v) is 10.3. The van der Waals surface area contributed by atoms with Crippen molar-refractivity contribution < 1.29 is 24.6 Å². The lowest BCUT2D eigenvalue weighted by atomic mass is 9.86. The minimum atomic E-state index is -1.02. The summed E-state index contributed by atoms with van der Waals surface area (Å²) in [6.07, 6.45) is 11.6. The van der Waals surface area contributed by atoms with Gasteiger partial charge in [-0.25, -0.2) is 0 Å². The van der Waals surface area contributed by atoms with Crippen LogP contribution >= 0.6 is 0 Å². The van der Waals surface area contributed by atoms with Crippen molar-refractivity contribution in [1.82, 2.24) is 10.6 Å². The van der Waals surface area contributed by atoms with E-state index in [9.17, 15) is 19.5 Å². The highest BCUT2D eigenvalue weighted by atomic mass is 16.4. The number of carboxylic acids is 1. The summed E-state index contributed by atoms with van der Waals surface area (Å²) in [5.74, 6) is -0.776. The molecule has 0 bridgehead atoms. The first kappa shape index (κ1) is 29.4. The van der Waals surface area contributed by atoms with E-state index < -0.39 is 24.5 Å². The molecule has 0 saturated heterocycles. The highest BCUT2D eigenvalue weighted by Crippen LogP contribution is 2.27. The number of carbonyl (C=O) groups is 3. The molecule has 1 aliphatic rings. The topological polar surface area (TPSA) is 116 Å². The number of aliphatic hydroxyl groups is 1. The first-order valence-electron chi connectivity index (χ1n) is 14.0. The highest BCUT2D eigenvalue weighted by Gasteiger charge is 2.22. The second kappa shape index (κ2) is 15.9. The van der Waals surface area contributed by atoms with Gasteiger partial charge in [0.2, 0.25) is 5.91 Å². The van der Waals surface area contributed by atoms with Gasteiger partial charge in [-0.2, -0.15) is 0 Å². The molecule has 7 heteroatoms. The molecule has 0 radical (unpaired) electrons. The van der Waals surface area contributed by atoms with E-state index in [2.05, 4.69) is 10.6 Å². The van der Waals surface area contributed by atoms with Crippen molar-refractivity contribution in [3.05, 3.63) is 70.8 Å². The zero-order chi connectivity index (χ0) is 27.2. The molecular weight excluding hydrogens is 480 g/mol. The Balaban J connectivity index is 1.54. The third kappa shape index (κ3) is 9.60. The van der Waals surface area contributed by atoms with E-state index in [1.54, 1.807) is 12.1 Å². The molecule has 0 aliphatic heterocycles. The van der Waals surface area contributed by atoms with Crippen LogP contribution in [0.15, 0.2) is 48.5 Å². The first-order valence-corrected chi connectivity index (χ1v) is 14.0. The fraction of sp³-hybridized carbons (Fsp3) is 0.516. The van der Waals surface area contributed by atoms with Crippen LogP contribution in [-0.4, -0.2) is 47.2 Å². The Morgan fingerprint density at radius 3 is 2.26 bits per heavy atom. The zero-order valence-corrected chi connectivity index (χ0v) is 22.3. The summed E-state index contributed by atoms with van der Waals surface area (Å²) >= 11 is 0. The average molecular weight is 523 g/mol. The molecule has 1 unspecified atom stereocenters. The number of hydrogen-bond acceptors (Lipinski definition) is 4. The first-order chi connectivity index (χ1) is 18.5. The number of carbonyl (C=O) groups excluding carboxylic acids is 2. The molecule has 206 valence electrons. The van der Waals surface area contributed by atoms with Crippen molar-refractivity contribution >= 4 is 17.8 Å². The molecule has 1 atom stereocenters. The molecule has 3 rings (SSSR count). The molecule has 38 heavy (non-hydrogen) atoms. The van der Waals surface area contributed by atoms with Gasteiger partial charge in [0.1, 0.15) is 6.04 Å². The van der Waals surface area contributed by atoms with E-state index in [-0.39, 0.29) is 12.3 Å². The Kier molecular flexibility index (Phi) is 12.3. The van der Waals surface area contributed by atoms with Crippen molar-refractivity contribution in [1.29, 1.82) is 0 Å². The van der Waals surface area contributed by atoms with E-state index in [0.29, 0.717) is 31.4 Å². The molecule has 2 aromatic carbocycles. The summed E-state index contributed by atoms with van der Waals surface area (Å²) in [5.41, 5.74) is 3.34. The summed E-state index contributed by atoms with van der Waals surface area (Å²) in [6, 6.07) is 14.1. The van der Waals surface area contributed by atoms with Crippen LogP contribution in [0.3, 0.4) is 0 Å². The van der Waals surface area contributed by atoms with E-state index in [0.717, 1.165) is 35.4 Å². The SMILES string of the molecule is O=C(O)CCCc1ccccc1Cc1ccccc1C(=O)NC(CO)C(=O)NCCCCC1CCCCC1. The predicted octanol–water partition coefficient (Wildman–Crippen LogP) is 4.64. The van der Waals surface area contributed by atoms with Crippen LogP contribution in [0, 0.1) is 5.92 Å². The zero-order valence-electron chi connectivity index (χ0n) is 22.3. The number of amides is 2. The Bertz CT molecular complexity index is 1050. The van der Waals surface area contributed by atoms with E-state index >= 15 is 0 Å². The number of aryl methyl sites for hydroxylation is 1. The molecule has 7 nitrogen and oxygen atoms in total. The van der Waals surface area contributed by atoms with E-state index in [4.69, 9.17) is 5.11 Å². The minimum Gasteiger partial charge on any atom is -0.481 e. The monoisotopic (exact) mass is 522 g/mol. The van der Waals surface area contributed by atoms with Crippen LogP contribution in [-0.2, 0) is 22.4 Å². The third-order valence-corrected chi connectivity index (χ3v) is 7.47. The van der Waals surface area contributed by atoms with Crippen LogP contribution in [0.5, 0.6) is 0 Å². The van der Waals surface area contributed by atoms with Crippen molar-refractivity contribution in [2.45, 2.75) is 83.1 Å². The smallest absolute Gasteiger partial charge is 0.303 e. The van der Waals surface area contributed by atoms with Crippen LogP contribution in [0.4, 0.5) is 0 Å². The highest BCUT2D eigenvalue weighted by molar-refractivity contribution is 5.98. The van der Waals surface area contributed by atoms with Crippen LogP contribution < -0.4 is 10.6 Å². The molecular formula is C31H42N2O5. The quantitative estimate of drug-likeness (QED) is 0.254. The lowest BCUT2D eigenvalue weighted by Crippen LogP contribution is -2.49. The fourth-order valence-electron chi connectivity index (χ4n) is 5.30. The summed E-state index contributed by atoms with van der Waals surface area (Å²) < 4.78 is 0. The van der Waals surface area contributed by atoms with Gasteiger partial charge >= 0.3 is 5.97 Å². The van der Waals surface area contributed by atoms with Gasteiger partial charge < -0.3 is 20.8 Å². The number of aliphatic carboxylic acids is 1. The van der Waals surface area contributed by atoms with Crippen LogP contribution in [0.1, 0.15) is 91.3 Å². The standard InChI is InChI=1S/C31H42N2O5/c34-22-28(31(38)32-20-9-8-13-23-11-2-1-3-12-23)33-30(37)27-18-7-6-16-26(27)21-25-15-5-4-14-24(25)17-10-19-29(35)36/h4-7,14-16,18,23,28,34H,1-3,8-13,17,19-22H2,(H,32,38)(H,33,37)(H,35,36). The molecule has 0 aromatic heterocycles. The van der Waals surface area contributed by atoms with Gasteiger partial charge in [0.05, 0.1) is 6.61 Å². The summed E-state index contributed by atoms with van der Waals surface area (Å²) in [5, 5.41) is 24.3. The maximum absolute atomic E-state index is 13.1. The van der Waals surface area contributed by atoms with Crippen LogP contribution in [0.2, 0.25) is 0 Å². The van der Waals surface area contributed by atoms with E-state index in [1.807, 2.05) is 36.4 Å². The van der Waals surface area contributed by atoms with Crippen molar-refractivity contribution in [3.8, 4) is 0 Å². The summed E-state index contributed by atoms with van der Waals surface area (Å²) in [6.45, 7) is 0.0569. The molecule has 1 fully saturated rings. The van der Waals surface area contributed by atoms with Gasteiger partial charge in [-0.3, -0.25) is 14.4 Å². The van der Waals surface area contributed by atoms with Crippen molar-refractivity contribution in [2.75, 3.05) is 13.2 Å². The summed E-state index contributed by atoms with van der Waals surface area (Å²) in [7, 11) is 0. The lowest BCUT2D eigenvalue weighted by molar-refractivity contribution is -0.137. The number of carboxylic acid groups (broad SMARTS) is 1. The largest absolute Gasteiger partial charge is 0.481 e. The molecule has 4 N–H and O–H groups in total. The number of aliphatic hydroxyl groups excluding tert-OH is 1. The Morgan fingerprint density at radius 1 is 0.868 bits per heavy atom. The van der Waals surface area contributed by atoms with Crippen molar-refractivity contribution in [2.24, 2.45) is 5.92 Å². The maximum Gasteiger partial charge on any atom is 0.303 e. The third-order valence-electron chi connectivity index (χ3n) is 7.47. The molecule has 0 spiro atoms. The minimum absolute atomic E-state index is 0.110. The van der Waals surface area contributed by atoms with Crippen LogP contribution in [0.25, 0.3) is 0 Å². The van der Waals surface area contributed by atoms with Gasteiger partial charge in [-0.15, -0.1) is 0 Å². The molecule has 1 saturated carbocycles. The van der Waals surface area contributed by atoms with E-state index in [1.165, 1.54) is 38.5 Å². The predicted molar refractivity (Wildman–Crippen MR) is 148 cm³/mol. The number of hydrogen-bond donors (Lipinski definition) is 4. The second-order valence-electron chi connectivity index (χ2n) is 10.3. The maximum atomic E-state index is 13.1. The lowest BCUT2D eigenvalue weighted by Gasteiger charge is -2.21. The van der Waals surface area contributed by atoms with Gasteiger partial charge in [0, 0.05) is 18.5 Å². The summed E-state index contributed by atoms with van der Waals surface area (Å²) in [4.78, 5) is 36.7. The number of nitrogens with one attached hydrogen (secondary N) is 2.